The van der Waals surface area contributed by atoms with Crippen molar-refractivity contribution in [3.8, 4) is 0 Å². The number of amides is 1. The maximum Gasteiger partial charge on any atom is 0.338 e. The van der Waals surface area contributed by atoms with Crippen LogP contribution in [0.4, 0.5) is 5.69 Å². The predicted molar refractivity (Wildman–Crippen MR) is 112 cm³/mol. The summed E-state index contributed by atoms with van der Waals surface area (Å²) in [6, 6.07) is 13.0. The summed E-state index contributed by atoms with van der Waals surface area (Å²) in [5.74, 6) is -0.889. The molecule has 2 aromatic carbocycles. The summed E-state index contributed by atoms with van der Waals surface area (Å²) < 4.78 is 7.15. The molecule has 0 bridgehead atoms. The summed E-state index contributed by atoms with van der Waals surface area (Å²) >= 11 is 0. The van der Waals surface area contributed by atoms with Crippen molar-refractivity contribution in [3.63, 3.8) is 0 Å². The fourth-order valence-electron chi connectivity index (χ4n) is 3.21. The van der Waals surface area contributed by atoms with Gasteiger partial charge in [-0.15, -0.1) is 0 Å². The number of carbonyl (C=O) groups is 2. The first-order chi connectivity index (χ1) is 13.8. The van der Waals surface area contributed by atoms with Crippen LogP contribution in [0.25, 0.3) is 0 Å². The molecular formula is C23H25N3O3. The third-order valence-corrected chi connectivity index (χ3v) is 4.67. The van der Waals surface area contributed by atoms with Gasteiger partial charge in [0, 0.05) is 18.1 Å². The van der Waals surface area contributed by atoms with Gasteiger partial charge in [0.1, 0.15) is 0 Å². The highest BCUT2D eigenvalue weighted by Gasteiger charge is 2.20. The summed E-state index contributed by atoms with van der Waals surface area (Å²) in [6.45, 7) is 8.08. The van der Waals surface area contributed by atoms with E-state index in [1.54, 1.807) is 29.9 Å². The second kappa shape index (κ2) is 8.73. The Hall–Kier alpha value is -3.41. The van der Waals surface area contributed by atoms with Crippen LogP contribution in [0.15, 0.2) is 54.9 Å². The third-order valence-electron chi connectivity index (χ3n) is 4.67. The molecule has 1 heterocycles. The number of carbonyl (C=O) groups excluding carboxylic acids is 2. The SMILES string of the molecule is Cc1cc(C)c(NC(=O)C(C)OC(=O)c2ccc(Cn3cccn3)cc2)c(C)c1. The molecule has 6 nitrogen and oxygen atoms in total. The fourth-order valence-corrected chi connectivity index (χ4v) is 3.21. The van der Waals surface area contributed by atoms with Crippen LogP contribution in [-0.2, 0) is 16.1 Å². The summed E-state index contributed by atoms with van der Waals surface area (Å²) in [5.41, 5.74) is 5.25. The predicted octanol–water partition coefficient (Wildman–Crippen LogP) is 4.04. The van der Waals surface area contributed by atoms with Crippen molar-refractivity contribution < 1.29 is 14.3 Å². The molecule has 0 aliphatic carbocycles. The number of nitrogens with zero attached hydrogens (tertiary/aromatic N) is 2. The minimum absolute atomic E-state index is 0.358. The maximum absolute atomic E-state index is 12.5. The average Bonchev–Trinajstić information content (AvgIpc) is 3.18. The molecule has 1 unspecified atom stereocenters. The van der Waals surface area contributed by atoms with E-state index in [0.29, 0.717) is 12.1 Å². The van der Waals surface area contributed by atoms with Crippen molar-refractivity contribution in [1.82, 2.24) is 9.78 Å². The monoisotopic (exact) mass is 391 g/mol. The van der Waals surface area contributed by atoms with E-state index in [0.717, 1.165) is 27.9 Å². The maximum atomic E-state index is 12.5. The second-order valence-electron chi connectivity index (χ2n) is 7.21. The molecule has 0 saturated heterocycles. The molecule has 3 rings (SSSR count). The van der Waals surface area contributed by atoms with Gasteiger partial charge in [-0.25, -0.2) is 4.79 Å². The number of esters is 1. The van der Waals surface area contributed by atoms with Gasteiger partial charge in [-0.3, -0.25) is 9.48 Å². The Morgan fingerprint density at radius 2 is 1.76 bits per heavy atom. The molecule has 0 aliphatic heterocycles. The van der Waals surface area contributed by atoms with Gasteiger partial charge >= 0.3 is 5.97 Å². The van der Waals surface area contributed by atoms with Gasteiger partial charge in [0.05, 0.1) is 12.1 Å². The minimum Gasteiger partial charge on any atom is -0.449 e. The van der Waals surface area contributed by atoms with Crippen molar-refractivity contribution in [1.29, 1.82) is 0 Å². The van der Waals surface area contributed by atoms with Crippen molar-refractivity contribution in [2.45, 2.75) is 40.3 Å². The molecule has 3 aromatic rings. The summed E-state index contributed by atoms with van der Waals surface area (Å²) in [6.07, 6.45) is 2.68. The highest BCUT2D eigenvalue weighted by Crippen LogP contribution is 2.22. The van der Waals surface area contributed by atoms with Crippen LogP contribution in [0, 0.1) is 20.8 Å². The highest BCUT2D eigenvalue weighted by atomic mass is 16.5. The van der Waals surface area contributed by atoms with Gasteiger partial charge < -0.3 is 10.1 Å². The normalized spacial score (nSPS) is 11.7. The second-order valence-corrected chi connectivity index (χ2v) is 7.21. The molecule has 150 valence electrons. The highest BCUT2D eigenvalue weighted by molar-refractivity contribution is 5.98. The Morgan fingerprint density at radius 3 is 2.34 bits per heavy atom. The largest absolute Gasteiger partial charge is 0.449 e. The molecular weight excluding hydrogens is 366 g/mol. The first kappa shape index (κ1) is 20.3. The Kier molecular flexibility index (Phi) is 6.12. The van der Waals surface area contributed by atoms with Crippen molar-refractivity contribution >= 4 is 17.6 Å². The van der Waals surface area contributed by atoms with Crippen molar-refractivity contribution in [3.05, 3.63) is 82.7 Å². The van der Waals surface area contributed by atoms with Crippen LogP contribution in [0.2, 0.25) is 0 Å². The van der Waals surface area contributed by atoms with E-state index >= 15 is 0 Å². The lowest BCUT2D eigenvalue weighted by atomic mass is 10.0. The van der Waals surface area contributed by atoms with Crippen LogP contribution in [-0.4, -0.2) is 27.8 Å². The summed E-state index contributed by atoms with van der Waals surface area (Å²) in [5, 5.41) is 7.03. The van der Waals surface area contributed by atoms with E-state index in [9.17, 15) is 9.59 Å². The number of nitrogens with one attached hydrogen (secondary N) is 1. The van der Waals surface area contributed by atoms with Gasteiger partial charge in [-0.1, -0.05) is 29.8 Å². The van der Waals surface area contributed by atoms with Gasteiger partial charge in [-0.05, 0) is 62.6 Å². The number of anilines is 1. The average molecular weight is 391 g/mol. The molecule has 0 saturated carbocycles. The lowest BCUT2D eigenvalue weighted by Crippen LogP contribution is -2.30. The molecule has 6 heteroatoms. The topological polar surface area (TPSA) is 73.2 Å². The van der Waals surface area contributed by atoms with Gasteiger partial charge in [0.25, 0.3) is 5.91 Å². The molecule has 0 spiro atoms. The zero-order valence-electron chi connectivity index (χ0n) is 17.1. The summed E-state index contributed by atoms with van der Waals surface area (Å²) in [4.78, 5) is 24.9. The number of aromatic nitrogens is 2. The van der Waals surface area contributed by atoms with E-state index in [1.807, 2.05) is 57.3 Å². The molecule has 1 amide bonds. The molecule has 1 N–H and O–H groups in total. The van der Waals surface area contributed by atoms with Crippen molar-refractivity contribution in [2.75, 3.05) is 5.32 Å². The van der Waals surface area contributed by atoms with Crippen LogP contribution in [0.5, 0.6) is 0 Å². The van der Waals surface area contributed by atoms with E-state index in [2.05, 4.69) is 10.4 Å². The molecule has 1 aromatic heterocycles. The minimum atomic E-state index is -0.911. The van der Waals surface area contributed by atoms with Crippen LogP contribution in [0.3, 0.4) is 0 Å². The van der Waals surface area contributed by atoms with E-state index in [-0.39, 0.29) is 5.91 Å². The van der Waals surface area contributed by atoms with E-state index in [1.165, 1.54) is 0 Å². The number of hydrogen-bond acceptors (Lipinski definition) is 4. The summed E-state index contributed by atoms with van der Waals surface area (Å²) in [7, 11) is 0. The van der Waals surface area contributed by atoms with Crippen molar-refractivity contribution in [2.24, 2.45) is 0 Å². The fraction of sp³-hybridized carbons (Fsp3) is 0.261. The Balaban J connectivity index is 1.60. The first-order valence-corrected chi connectivity index (χ1v) is 9.49. The van der Waals surface area contributed by atoms with E-state index < -0.39 is 12.1 Å². The molecule has 0 aliphatic rings. The third kappa shape index (κ3) is 5.10. The number of aryl methyl sites for hydroxylation is 3. The quantitative estimate of drug-likeness (QED) is 0.644. The molecule has 29 heavy (non-hydrogen) atoms. The lowest BCUT2D eigenvalue weighted by Gasteiger charge is -2.17. The van der Waals surface area contributed by atoms with Gasteiger partial charge in [-0.2, -0.15) is 5.10 Å². The van der Waals surface area contributed by atoms with Crippen LogP contribution < -0.4 is 5.32 Å². The number of ether oxygens (including phenoxy) is 1. The first-order valence-electron chi connectivity index (χ1n) is 9.49. The Labute approximate surface area is 170 Å². The number of rotatable bonds is 6. The van der Waals surface area contributed by atoms with E-state index in [4.69, 9.17) is 4.74 Å². The lowest BCUT2D eigenvalue weighted by molar-refractivity contribution is -0.123. The van der Waals surface area contributed by atoms with Crippen LogP contribution >= 0.6 is 0 Å². The zero-order valence-corrected chi connectivity index (χ0v) is 17.1. The zero-order chi connectivity index (χ0) is 21.0. The standard InChI is InChI=1S/C23H25N3O3/c1-15-12-16(2)21(17(3)13-15)25-22(27)18(4)29-23(28)20-8-6-19(7-9-20)14-26-11-5-10-24-26/h5-13,18H,14H2,1-4H3,(H,25,27). The number of hydrogen-bond donors (Lipinski definition) is 1. The number of benzene rings is 2. The van der Waals surface area contributed by atoms with Gasteiger partial charge in [0.15, 0.2) is 6.10 Å². The Bertz CT molecular complexity index is 985. The van der Waals surface area contributed by atoms with Crippen LogP contribution in [0.1, 0.15) is 39.5 Å². The van der Waals surface area contributed by atoms with Gasteiger partial charge in [0.2, 0.25) is 0 Å². The smallest absolute Gasteiger partial charge is 0.338 e. The molecule has 1 atom stereocenters. The molecule has 0 fully saturated rings. The Morgan fingerprint density at radius 1 is 1.10 bits per heavy atom. The molecule has 0 radical (unpaired) electrons.